The number of benzene rings is 1. The van der Waals surface area contributed by atoms with Crippen LogP contribution in [0.3, 0.4) is 0 Å². The second kappa shape index (κ2) is 6.15. The molecule has 0 aliphatic carbocycles. The van der Waals surface area contributed by atoms with E-state index in [9.17, 15) is 20.0 Å². The summed E-state index contributed by atoms with van der Waals surface area (Å²) in [7, 11) is 0.173. The van der Waals surface area contributed by atoms with E-state index in [2.05, 4.69) is 0 Å². The molecule has 7 heteroatoms. The highest BCUT2D eigenvalue weighted by atomic mass is 16.6. The van der Waals surface area contributed by atoms with Crippen molar-refractivity contribution in [3.8, 4) is 0 Å². The molecule has 20 heavy (non-hydrogen) atoms. The van der Waals surface area contributed by atoms with E-state index in [4.69, 9.17) is 0 Å². The second-order valence-electron chi connectivity index (χ2n) is 5.22. The van der Waals surface area contributed by atoms with Gasteiger partial charge in [-0.25, -0.2) is 0 Å². The molecular weight excluding hydrogens is 259 g/mol. The Labute approximate surface area is 117 Å². The Morgan fingerprint density at radius 1 is 1.60 bits per heavy atom. The molecule has 1 aromatic carbocycles. The number of aliphatic hydroxyl groups excluding tert-OH is 1. The standard InChI is InChI=1S/C13H17BN2O4/c1-9-2-3-10-6-15(14-8-17)12(5-11(10)4-9)13(18)7-16(19)20/h2-4,8,12-14,18H,5-7H2,1H3/t12-,13+/m0/s1. The number of aryl methyl sites for hydroxylation is 1. The lowest BCUT2D eigenvalue weighted by molar-refractivity contribution is -0.491. The molecule has 0 amide bonds. The van der Waals surface area contributed by atoms with Gasteiger partial charge in [-0.2, -0.15) is 0 Å². The Morgan fingerprint density at radius 2 is 2.35 bits per heavy atom. The fourth-order valence-electron chi connectivity index (χ4n) is 2.74. The molecule has 1 aliphatic rings. The fourth-order valence-corrected chi connectivity index (χ4v) is 2.74. The zero-order valence-electron chi connectivity index (χ0n) is 11.4. The summed E-state index contributed by atoms with van der Waals surface area (Å²) in [5.41, 5.74) is 3.33. The first-order valence-corrected chi connectivity index (χ1v) is 6.57. The molecule has 0 unspecified atom stereocenters. The van der Waals surface area contributed by atoms with Crippen LogP contribution in [0, 0.1) is 17.0 Å². The average Bonchev–Trinajstić information content (AvgIpc) is 2.37. The van der Waals surface area contributed by atoms with E-state index >= 15 is 0 Å². The van der Waals surface area contributed by atoms with Crippen molar-refractivity contribution in [2.45, 2.75) is 32.0 Å². The van der Waals surface area contributed by atoms with Gasteiger partial charge in [0.25, 0.3) is 7.41 Å². The van der Waals surface area contributed by atoms with Gasteiger partial charge in [0.05, 0.1) is 6.19 Å². The van der Waals surface area contributed by atoms with E-state index in [0.29, 0.717) is 13.0 Å². The quantitative estimate of drug-likeness (QED) is 0.351. The third-order valence-corrected chi connectivity index (χ3v) is 3.72. The predicted octanol–water partition coefficient (Wildman–Crippen LogP) is -0.0990. The maximum atomic E-state index is 10.8. The third kappa shape index (κ3) is 3.23. The molecule has 1 aliphatic heterocycles. The molecule has 0 aromatic heterocycles. The zero-order chi connectivity index (χ0) is 14.7. The van der Waals surface area contributed by atoms with Crippen molar-refractivity contribution in [1.29, 1.82) is 0 Å². The third-order valence-electron chi connectivity index (χ3n) is 3.72. The van der Waals surface area contributed by atoms with E-state index in [1.54, 1.807) is 4.81 Å². The van der Waals surface area contributed by atoms with Crippen LogP contribution in [0.1, 0.15) is 16.7 Å². The Bertz CT molecular complexity index is 523. The van der Waals surface area contributed by atoms with Crippen LogP contribution in [0.5, 0.6) is 0 Å². The Balaban J connectivity index is 2.24. The van der Waals surface area contributed by atoms with Crippen LogP contribution >= 0.6 is 0 Å². The minimum atomic E-state index is -1.07. The largest absolute Gasteiger partial charge is 0.385 e. The van der Waals surface area contributed by atoms with Crippen LogP contribution in [-0.2, 0) is 17.8 Å². The summed E-state index contributed by atoms with van der Waals surface area (Å²) in [4.78, 5) is 22.6. The number of nitro groups is 1. The summed E-state index contributed by atoms with van der Waals surface area (Å²) in [6.45, 7) is 2.02. The van der Waals surface area contributed by atoms with E-state index < -0.39 is 17.6 Å². The van der Waals surface area contributed by atoms with Gasteiger partial charge in [-0.05, 0) is 24.5 Å². The number of aliphatic hydroxyl groups is 1. The molecule has 106 valence electrons. The maximum Gasteiger partial charge on any atom is 0.281 e. The number of carbonyl (C=O) groups excluding carboxylic acids is 1. The molecule has 0 saturated heterocycles. The van der Waals surface area contributed by atoms with Gasteiger partial charge in [0, 0.05) is 17.5 Å². The fraction of sp³-hybridized carbons (Fsp3) is 0.462. The lowest BCUT2D eigenvalue weighted by atomic mass is 9.81. The van der Waals surface area contributed by atoms with Crippen molar-refractivity contribution in [2.75, 3.05) is 6.54 Å². The predicted molar refractivity (Wildman–Crippen MR) is 76.0 cm³/mol. The van der Waals surface area contributed by atoms with E-state index in [1.165, 1.54) is 0 Å². The first-order valence-electron chi connectivity index (χ1n) is 6.57. The minimum Gasteiger partial charge on any atom is -0.385 e. The first kappa shape index (κ1) is 14.7. The van der Waals surface area contributed by atoms with Gasteiger partial charge in [-0.1, -0.05) is 23.8 Å². The SMILES string of the molecule is Cc1ccc2c(c1)C[C@@H]([C@H](O)C[N+](=O)[O-])N(BC=O)C2. The zero-order valence-corrected chi connectivity index (χ0v) is 11.4. The summed E-state index contributed by atoms with van der Waals surface area (Å²) in [5.74, 6) is 0. The van der Waals surface area contributed by atoms with Gasteiger partial charge in [-0.15, -0.1) is 0 Å². The highest BCUT2D eigenvalue weighted by Crippen LogP contribution is 2.25. The van der Waals surface area contributed by atoms with Gasteiger partial charge in [0.2, 0.25) is 6.54 Å². The van der Waals surface area contributed by atoms with Crippen molar-refractivity contribution in [2.24, 2.45) is 0 Å². The van der Waals surface area contributed by atoms with Crippen LogP contribution < -0.4 is 0 Å². The van der Waals surface area contributed by atoms with Gasteiger partial charge in [0.15, 0.2) is 0 Å². The molecule has 0 saturated carbocycles. The lowest BCUT2D eigenvalue weighted by Crippen LogP contribution is -2.51. The van der Waals surface area contributed by atoms with Crippen molar-refractivity contribution >= 4 is 13.6 Å². The van der Waals surface area contributed by atoms with Crippen molar-refractivity contribution < 1.29 is 14.8 Å². The van der Waals surface area contributed by atoms with Crippen LogP contribution in [0.2, 0.25) is 0 Å². The van der Waals surface area contributed by atoms with Crippen molar-refractivity contribution in [1.82, 2.24) is 4.81 Å². The number of nitrogens with zero attached hydrogens (tertiary/aromatic N) is 2. The molecule has 0 bridgehead atoms. The van der Waals surface area contributed by atoms with Crippen LogP contribution in [0.15, 0.2) is 18.2 Å². The van der Waals surface area contributed by atoms with E-state index in [1.807, 2.05) is 25.1 Å². The van der Waals surface area contributed by atoms with Crippen LogP contribution in [0.25, 0.3) is 0 Å². The van der Waals surface area contributed by atoms with Gasteiger partial charge < -0.3 is 14.7 Å². The summed E-state index contributed by atoms with van der Waals surface area (Å²) >= 11 is 0. The Kier molecular flexibility index (Phi) is 4.51. The summed E-state index contributed by atoms with van der Waals surface area (Å²) in [5, 5.41) is 20.6. The van der Waals surface area contributed by atoms with Crippen molar-refractivity contribution in [3.05, 3.63) is 45.0 Å². The Hall–Kier alpha value is -1.73. The maximum absolute atomic E-state index is 10.8. The smallest absolute Gasteiger partial charge is 0.281 e. The van der Waals surface area contributed by atoms with Crippen LogP contribution in [0.4, 0.5) is 0 Å². The summed E-state index contributed by atoms with van der Waals surface area (Å²) in [6, 6.07) is 5.67. The highest BCUT2D eigenvalue weighted by molar-refractivity contribution is 6.64. The number of hydrogen-bond donors (Lipinski definition) is 1. The number of rotatable bonds is 5. The topological polar surface area (TPSA) is 83.7 Å². The molecule has 1 aromatic rings. The molecule has 6 nitrogen and oxygen atoms in total. The van der Waals surface area contributed by atoms with E-state index in [0.717, 1.165) is 22.9 Å². The number of fused-ring (bicyclic) bond motifs is 1. The number of carbonyl (C=O) groups is 1. The molecule has 1 heterocycles. The normalized spacial score (nSPS) is 20.0. The second-order valence-corrected chi connectivity index (χ2v) is 5.22. The number of hydrogen-bond acceptors (Lipinski definition) is 5. The van der Waals surface area contributed by atoms with Gasteiger partial charge >= 0.3 is 0 Å². The summed E-state index contributed by atoms with van der Waals surface area (Å²) in [6.07, 6.45) is 0.226. The van der Waals surface area contributed by atoms with E-state index in [-0.39, 0.29) is 13.5 Å². The molecule has 2 atom stereocenters. The summed E-state index contributed by atoms with van der Waals surface area (Å²) < 4.78 is 0. The highest BCUT2D eigenvalue weighted by Gasteiger charge is 2.33. The van der Waals surface area contributed by atoms with Gasteiger partial charge in [-0.3, -0.25) is 10.1 Å². The van der Waals surface area contributed by atoms with Gasteiger partial charge in [0.1, 0.15) is 6.10 Å². The Morgan fingerprint density at radius 3 is 3.00 bits per heavy atom. The molecular formula is C13H17BN2O4. The molecule has 0 spiro atoms. The van der Waals surface area contributed by atoms with Crippen LogP contribution in [-0.4, -0.2) is 47.1 Å². The monoisotopic (exact) mass is 276 g/mol. The molecule has 2 rings (SSSR count). The van der Waals surface area contributed by atoms with Crippen molar-refractivity contribution in [3.63, 3.8) is 0 Å². The minimum absolute atomic E-state index is 0.173. The molecule has 0 radical (unpaired) electrons. The molecule has 1 N–H and O–H groups in total. The molecule has 0 fully saturated rings. The first-order chi connectivity index (χ1) is 9.51. The average molecular weight is 276 g/mol. The lowest BCUT2D eigenvalue weighted by Gasteiger charge is -2.37.